The second-order valence-corrected chi connectivity index (χ2v) is 7.14. The summed E-state index contributed by atoms with van der Waals surface area (Å²) in [6, 6.07) is 5.07. The van der Waals surface area contributed by atoms with Gasteiger partial charge in [-0.1, -0.05) is 0 Å². The van der Waals surface area contributed by atoms with Crippen molar-refractivity contribution in [3.8, 4) is 0 Å². The predicted molar refractivity (Wildman–Crippen MR) is 92.2 cm³/mol. The normalized spacial score (nSPS) is 26.4. The molecular weight excluding hydrogens is 286 g/mol. The number of nitrogens with one attached hydrogen (secondary N) is 1. The highest BCUT2D eigenvalue weighted by Crippen LogP contribution is 2.36. The molecule has 2 aromatic heterocycles. The summed E-state index contributed by atoms with van der Waals surface area (Å²) in [6.07, 6.45) is 8.42. The van der Waals surface area contributed by atoms with Crippen LogP contribution in [0, 0.1) is 0 Å². The van der Waals surface area contributed by atoms with Crippen LogP contribution in [-0.4, -0.2) is 38.6 Å². The standard InChI is InChI=1S/C18H27N5/c1-13(2)22-12-6-8-15(22)18-21-14-7-5-11-20-17(14)23(18)16-9-3-4-10-19-16/h5,7,11,13,15-16,19H,3-4,6,8-10,12H2,1-2H3. The molecule has 2 aliphatic rings. The van der Waals surface area contributed by atoms with Gasteiger partial charge in [-0.05, 0) is 71.2 Å². The summed E-state index contributed by atoms with van der Waals surface area (Å²) < 4.78 is 2.40. The van der Waals surface area contributed by atoms with Crippen molar-refractivity contribution >= 4 is 11.2 Å². The number of piperidine rings is 1. The van der Waals surface area contributed by atoms with Gasteiger partial charge in [-0.3, -0.25) is 14.8 Å². The molecule has 4 rings (SSSR count). The molecule has 2 fully saturated rings. The van der Waals surface area contributed by atoms with E-state index in [2.05, 4.69) is 39.7 Å². The van der Waals surface area contributed by atoms with Crippen LogP contribution in [0.2, 0.25) is 0 Å². The Labute approximate surface area is 138 Å². The van der Waals surface area contributed by atoms with Crippen LogP contribution < -0.4 is 5.32 Å². The second-order valence-electron chi connectivity index (χ2n) is 7.14. The van der Waals surface area contributed by atoms with Gasteiger partial charge in [-0.15, -0.1) is 0 Å². The van der Waals surface area contributed by atoms with E-state index < -0.39 is 0 Å². The number of nitrogens with zero attached hydrogens (tertiary/aromatic N) is 4. The zero-order valence-electron chi connectivity index (χ0n) is 14.2. The van der Waals surface area contributed by atoms with Crippen molar-refractivity contribution in [1.82, 2.24) is 24.8 Å². The van der Waals surface area contributed by atoms with Crippen molar-refractivity contribution in [3.63, 3.8) is 0 Å². The first-order chi connectivity index (χ1) is 11.3. The fourth-order valence-corrected chi connectivity index (χ4v) is 4.23. The van der Waals surface area contributed by atoms with Gasteiger partial charge in [0.1, 0.15) is 11.3 Å². The van der Waals surface area contributed by atoms with Crippen molar-refractivity contribution < 1.29 is 0 Å². The monoisotopic (exact) mass is 313 g/mol. The zero-order valence-corrected chi connectivity index (χ0v) is 14.2. The molecule has 0 amide bonds. The van der Waals surface area contributed by atoms with Crippen molar-refractivity contribution in [2.75, 3.05) is 13.1 Å². The summed E-state index contributed by atoms with van der Waals surface area (Å²) in [7, 11) is 0. The third-order valence-electron chi connectivity index (χ3n) is 5.33. The molecule has 5 nitrogen and oxygen atoms in total. The first-order valence-corrected chi connectivity index (χ1v) is 9.07. The SMILES string of the molecule is CC(C)N1CCCC1c1nc2cccnc2n1C1CCCCN1. The summed E-state index contributed by atoms with van der Waals surface area (Å²) in [5, 5.41) is 3.69. The molecule has 2 aromatic rings. The maximum absolute atomic E-state index is 5.02. The highest BCUT2D eigenvalue weighted by Gasteiger charge is 2.34. The Morgan fingerprint density at radius 1 is 1.22 bits per heavy atom. The molecule has 0 spiro atoms. The molecule has 2 unspecified atom stereocenters. The fraction of sp³-hybridized carbons (Fsp3) is 0.667. The average Bonchev–Trinajstić information content (AvgIpc) is 3.20. The maximum atomic E-state index is 5.02. The van der Waals surface area contributed by atoms with Crippen LogP contribution in [-0.2, 0) is 0 Å². The summed E-state index contributed by atoms with van der Waals surface area (Å²) in [4.78, 5) is 12.3. The van der Waals surface area contributed by atoms with Gasteiger partial charge >= 0.3 is 0 Å². The minimum atomic E-state index is 0.341. The van der Waals surface area contributed by atoms with Gasteiger partial charge in [0, 0.05) is 12.2 Å². The molecule has 124 valence electrons. The molecular formula is C18H27N5. The molecule has 2 saturated heterocycles. The van der Waals surface area contributed by atoms with Crippen molar-refractivity contribution in [1.29, 1.82) is 0 Å². The molecule has 5 heteroatoms. The van der Waals surface area contributed by atoms with Gasteiger partial charge < -0.3 is 0 Å². The Hall–Kier alpha value is -1.46. The Morgan fingerprint density at radius 3 is 2.91 bits per heavy atom. The maximum Gasteiger partial charge on any atom is 0.161 e. The second kappa shape index (κ2) is 6.21. The van der Waals surface area contributed by atoms with Crippen LogP contribution >= 0.6 is 0 Å². The van der Waals surface area contributed by atoms with Crippen molar-refractivity contribution in [2.45, 2.75) is 64.2 Å². The third-order valence-corrected chi connectivity index (χ3v) is 5.33. The molecule has 1 N–H and O–H groups in total. The van der Waals surface area contributed by atoms with E-state index in [0.717, 1.165) is 17.7 Å². The highest BCUT2D eigenvalue weighted by atomic mass is 15.3. The lowest BCUT2D eigenvalue weighted by Gasteiger charge is -2.32. The Morgan fingerprint density at radius 2 is 2.13 bits per heavy atom. The van der Waals surface area contributed by atoms with E-state index in [1.807, 2.05) is 12.3 Å². The Bertz CT molecular complexity index is 671. The smallest absolute Gasteiger partial charge is 0.161 e. The van der Waals surface area contributed by atoms with E-state index in [1.165, 1.54) is 44.5 Å². The van der Waals surface area contributed by atoms with Gasteiger partial charge in [0.05, 0.1) is 12.2 Å². The van der Waals surface area contributed by atoms with Crippen LogP contribution in [0.25, 0.3) is 11.2 Å². The van der Waals surface area contributed by atoms with Crippen LogP contribution in [0.3, 0.4) is 0 Å². The van der Waals surface area contributed by atoms with Gasteiger partial charge in [0.25, 0.3) is 0 Å². The molecule has 0 bridgehead atoms. The van der Waals surface area contributed by atoms with Crippen LogP contribution in [0.15, 0.2) is 18.3 Å². The van der Waals surface area contributed by atoms with Crippen molar-refractivity contribution in [2.24, 2.45) is 0 Å². The summed E-state index contributed by atoms with van der Waals surface area (Å²) in [5.41, 5.74) is 2.07. The van der Waals surface area contributed by atoms with E-state index in [4.69, 9.17) is 4.98 Å². The number of hydrogen-bond donors (Lipinski definition) is 1. The van der Waals surface area contributed by atoms with Crippen LogP contribution in [0.5, 0.6) is 0 Å². The Kier molecular flexibility index (Phi) is 4.07. The fourth-order valence-electron chi connectivity index (χ4n) is 4.23. The number of likely N-dealkylation sites (tertiary alicyclic amines) is 1. The number of aromatic nitrogens is 3. The molecule has 4 heterocycles. The number of fused-ring (bicyclic) bond motifs is 1. The topological polar surface area (TPSA) is 46.0 Å². The largest absolute Gasteiger partial charge is 0.297 e. The van der Waals surface area contributed by atoms with Crippen LogP contribution in [0.1, 0.15) is 64.0 Å². The van der Waals surface area contributed by atoms with E-state index >= 15 is 0 Å². The lowest BCUT2D eigenvalue weighted by atomic mass is 10.1. The number of rotatable bonds is 3. The minimum Gasteiger partial charge on any atom is -0.297 e. The lowest BCUT2D eigenvalue weighted by molar-refractivity contribution is 0.188. The number of pyridine rings is 1. The van der Waals surface area contributed by atoms with E-state index in [9.17, 15) is 0 Å². The summed E-state index contributed by atoms with van der Waals surface area (Å²) in [6.45, 7) is 6.86. The highest BCUT2D eigenvalue weighted by molar-refractivity contribution is 5.71. The summed E-state index contributed by atoms with van der Waals surface area (Å²) >= 11 is 0. The number of imidazole rings is 1. The van der Waals surface area contributed by atoms with E-state index in [-0.39, 0.29) is 0 Å². The van der Waals surface area contributed by atoms with E-state index in [0.29, 0.717) is 18.2 Å². The van der Waals surface area contributed by atoms with Gasteiger partial charge in [-0.2, -0.15) is 0 Å². The first kappa shape index (κ1) is 15.1. The molecule has 2 aliphatic heterocycles. The molecule has 0 aliphatic carbocycles. The molecule has 0 aromatic carbocycles. The zero-order chi connectivity index (χ0) is 15.8. The molecule has 0 saturated carbocycles. The third kappa shape index (κ3) is 2.66. The summed E-state index contributed by atoms with van der Waals surface area (Å²) in [5.74, 6) is 1.21. The van der Waals surface area contributed by atoms with Gasteiger partial charge in [0.2, 0.25) is 0 Å². The molecule has 2 atom stereocenters. The first-order valence-electron chi connectivity index (χ1n) is 9.07. The average molecular weight is 313 g/mol. The molecule has 0 radical (unpaired) electrons. The predicted octanol–water partition coefficient (Wildman–Crippen LogP) is 3.25. The van der Waals surface area contributed by atoms with Crippen molar-refractivity contribution in [3.05, 3.63) is 24.2 Å². The lowest BCUT2D eigenvalue weighted by Crippen LogP contribution is -2.36. The van der Waals surface area contributed by atoms with Crippen LogP contribution in [0.4, 0.5) is 0 Å². The molecule has 23 heavy (non-hydrogen) atoms. The van der Waals surface area contributed by atoms with Gasteiger partial charge in [-0.25, -0.2) is 9.97 Å². The van der Waals surface area contributed by atoms with E-state index in [1.54, 1.807) is 0 Å². The minimum absolute atomic E-state index is 0.341. The number of hydrogen-bond acceptors (Lipinski definition) is 4. The van der Waals surface area contributed by atoms with Gasteiger partial charge in [0.15, 0.2) is 5.65 Å². The Balaban J connectivity index is 1.81. The quantitative estimate of drug-likeness (QED) is 0.945.